The second-order valence-electron chi connectivity index (χ2n) is 5.20. The van der Waals surface area contributed by atoms with E-state index in [1.54, 1.807) is 12.1 Å². The third-order valence-electron chi connectivity index (χ3n) is 3.54. The SMILES string of the molecule is CCOc1ccccc1OC/C(O)=C(\C#N)c1nc2ccccc2[nH]1. The largest absolute Gasteiger partial charge is 0.507 e. The van der Waals surface area contributed by atoms with Gasteiger partial charge in [-0.2, -0.15) is 5.26 Å². The average Bonchev–Trinajstić information content (AvgIpc) is 3.05. The third kappa shape index (κ3) is 3.56. The monoisotopic (exact) mass is 335 g/mol. The van der Waals surface area contributed by atoms with Crippen molar-refractivity contribution in [3.63, 3.8) is 0 Å². The summed E-state index contributed by atoms with van der Waals surface area (Å²) in [5, 5.41) is 19.7. The van der Waals surface area contributed by atoms with Crippen molar-refractivity contribution >= 4 is 16.6 Å². The number of benzene rings is 2. The fourth-order valence-corrected chi connectivity index (χ4v) is 2.39. The molecule has 3 rings (SSSR count). The van der Waals surface area contributed by atoms with E-state index >= 15 is 0 Å². The van der Waals surface area contributed by atoms with Crippen LogP contribution in [0.2, 0.25) is 0 Å². The number of H-pyrrole nitrogens is 1. The number of aliphatic hydroxyl groups is 1. The number of hydrogen-bond acceptors (Lipinski definition) is 5. The molecule has 0 saturated carbocycles. The first-order chi connectivity index (χ1) is 12.2. The van der Waals surface area contributed by atoms with Crippen LogP contribution in [0.4, 0.5) is 0 Å². The number of aliphatic hydroxyl groups excluding tert-OH is 1. The number of fused-ring (bicyclic) bond motifs is 1. The van der Waals surface area contributed by atoms with Gasteiger partial charge in [-0.05, 0) is 31.2 Å². The molecule has 0 spiro atoms. The number of hydrogen-bond donors (Lipinski definition) is 2. The first-order valence-corrected chi connectivity index (χ1v) is 7.85. The molecule has 0 fully saturated rings. The van der Waals surface area contributed by atoms with Crippen LogP contribution in [0.1, 0.15) is 12.7 Å². The Morgan fingerprint density at radius 3 is 2.48 bits per heavy atom. The van der Waals surface area contributed by atoms with E-state index in [1.807, 2.05) is 49.4 Å². The lowest BCUT2D eigenvalue weighted by Gasteiger charge is -2.11. The number of aromatic amines is 1. The van der Waals surface area contributed by atoms with Gasteiger partial charge in [0, 0.05) is 0 Å². The summed E-state index contributed by atoms with van der Waals surface area (Å²) in [6, 6.07) is 16.6. The molecule has 0 saturated heterocycles. The van der Waals surface area contributed by atoms with Crippen molar-refractivity contribution < 1.29 is 14.6 Å². The van der Waals surface area contributed by atoms with Gasteiger partial charge < -0.3 is 19.6 Å². The summed E-state index contributed by atoms with van der Waals surface area (Å²) in [5.74, 6) is 1.19. The number of aromatic nitrogens is 2. The van der Waals surface area contributed by atoms with Gasteiger partial charge >= 0.3 is 0 Å². The maximum Gasteiger partial charge on any atom is 0.161 e. The summed E-state index contributed by atoms with van der Waals surface area (Å²) in [6.07, 6.45) is 0. The van der Waals surface area contributed by atoms with Gasteiger partial charge in [0.2, 0.25) is 0 Å². The van der Waals surface area contributed by atoms with Crippen molar-refractivity contribution in [3.8, 4) is 17.6 Å². The van der Waals surface area contributed by atoms with Gasteiger partial charge in [0.15, 0.2) is 23.1 Å². The van der Waals surface area contributed by atoms with Crippen LogP contribution in [0, 0.1) is 11.3 Å². The Labute approximate surface area is 145 Å². The Kier molecular flexibility index (Phi) is 4.86. The van der Waals surface area contributed by atoms with Gasteiger partial charge in [0.25, 0.3) is 0 Å². The van der Waals surface area contributed by atoms with Crippen molar-refractivity contribution in [2.45, 2.75) is 6.92 Å². The normalized spacial score (nSPS) is 11.7. The third-order valence-corrected chi connectivity index (χ3v) is 3.54. The highest BCUT2D eigenvalue weighted by atomic mass is 16.5. The molecule has 0 bridgehead atoms. The maximum absolute atomic E-state index is 10.3. The van der Waals surface area contributed by atoms with E-state index in [-0.39, 0.29) is 17.9 Å². The molecule has 25 heavy (non-hydrogen) atoms. The molecular weight excluding hydrogens is 318 g/mol. The summed E-state index contributed by atoms with van der Waals surface area (Å²) in [6.45, 7) is 2.22. The number of allylic oxidation sites excluding steroid dienone is 1. The van der Waals surface area contributed by atoms with E-state index in [1.165, 1.54) is 0 Å². The number of imidazole rings is 1. The van der Waals surface area contributed by atoms with Gasteiger partial charge in [0.1, 0.15) is 18.2 Å². The second-order valence-corrected chi connectivity index (χ2v) is 5.20. The van der Waals surface area contributed by atoms with Gasteiger partial charge in [-0.3, -0.25) is 0 Å². The van der Waals surface area contributed by atoms with Crippen molar-refractivity contribution in [3.05, 3.63) is 60.1 Å². The number of nitriles is 1. The average molecular weight is 335 g/mol. The Morgan fingerprint density at radius 1 is 1.12 bits per heavy atom. The number of nitrogens with one attached hydrogen (secondary N) is 1. The summed E-state index contributed by atoms with van der Waals surface area (Å²) >= 11 is 0. The van der Waals surface area contributed by atoms with Crippen LogP contribution in [0.15, 0.2) is 54.3 Å². The molecule has 6 heteroatoms. The fourth-order valence-electron chi connectivity index (χ4n) is 2.39. The molecule has 2 N–H and O–H groups in total. The van der Waals surface area contributed by atoms with Crippen molar-refractivity contribution in [2.75, 3.05) is 13.2 Å². The first-order valence-electron chi connectivity index (χ1n) is 7.85. The fraction of sp³-hybridized carbons (Fsp3) is 0.158. The first kappa shape index (κ1) is 16.4. The Hall–Kier alpha value is -3.46. The minimum absolute atomic E-state index is 0.0464. The van der Waals surface area contributed by atoms with Gasteiger partial charge in [-0.15, -0.1) is 0 Å². The quantitative estimate of drug-likeness (QED) is 0.527. The van der Waals surface area contributed by atoms with E-state index in [4.69, 9.17) is 9.47 Å². The molecule has 0 radical (unpaired) electrons. The molecule has 0 aliphatic carbocycles. The smallest absolute Gasteiger partial charge is 0.161 e. The van der Waals surface area contributed by atoms with Crippen LogP contribution in [-0.2, 0) is 0 Å². The van der Waals surface area contributed by atoms with Gasteiger partial charge in [-0.1, -0.05) is 24.3 Å². The predicted octanol–water partition coefficient (Wildman–Crippen LogP) is 3.83. The molecule has 0 unspecified atom stereocenters. The number of nitrogens with zero attached hydrogens (tertiary/aromatic N) is 2. The molecular formula is C19H17N3O3. The minimum Gasteiger partial charge on any atom is -0.507 e. The van der Waals surface area contributed by atoms with E-state index in [0.29, 0.717) is 23.9 Å². The van der Waals surface area contributed by atoms with Crippen molar-refractivity contribution in [1.29, 1.82) is 5.26 Å². The molecule has 1 aromatic heterocycles. The lowest BCUT2D eigenvalue weighted by Crippen LogP contribution is -2.05. The highest BCUT2D eigenvalue weighted by Gasteiger charge is 2.14. The summed E-state index contributed by atoms with van der Waals surface area (Å²) < 4.78 is 11.1. The lowest BCUT2D eigenvalue weighted by atomic mass is 10.2. The highest BCUT2D eigenvalue weighted by Crippen LogP contribution is 2.27. The zero-order valence-corrected chi connectivity index (χ0v) is 13.7. The van der Waals surface area contributed by atoms with Crippen LogP contribution in [0.3, 0.4) is 0 Å². The summed E-state index contributed by atoms with van der Waals surface area (Å²) in [7, 11) is 0. The zero-order chi connectivity index (χ0) is 17.6. The Balaban J connectivity index is 1.84. The predicted molar refractivity (Wildman–Crippen MR) is 94.4 cm³/mol. The number of rotatable bonds is 6. The van der Waals surface area contributed by atoms with Crippen LogP contribution in [-0.4, -0.2) is 28.3 Å². The van der Waals surface area contributed by atoms with E-state index < -0.39 is 0 Å². The molecule has 0 atom stereocenters. The Morgan fingerprint density at radius 2 is 1.80 bits per heavy atom. The van der Waals surface area contributed by atoms with E-state index in [9.17, 15) is 10.4 Å². The molecule has 0 aliphatic heterocycles. The molecule has 3 aromatic rings. The summed E-state index contributed by atoms with van der Waals surface area (Å²) in [5.41, 5.74) is 1.56. The van der Waals surface area contributed by atoms with Crippen molar-refractivity contribution in [1.82, 2.24) is 9.97 Å². The number of para-hydroxylation sites is 4. The zero-order valence-electron chi connectivity index (χ0n) is 13.7. The standard InChI is InChI=1S/C19H17N3O3/c1-2-24-17-9-5-6-10-18(17)25-12-16(23)13(11-20)19-21-14-7-3-4-8-15(14)22-19/h3-10,23H,2,12H2,1H3,(H,21,22)/b16-13-. The van der Waals surface area contributed by atoms with Gasteiger partial charge in [-0.25, -0.2) is 4.98 Å². The van der Waals surface area contributed by atoms with Gasteiger partial charge in [0.05, 0.1) is 17.6 Å². The molecule has 6 nitrogen and oxygen atoms in total. The van der Waals surface area contributed by atoms with Crippen LogP contribution in [0.5, 0.6) is 11.5 Å². The molecule has 0 amide bonds. The molecule has 2 aromatic carbocycles. The summed E-state index contributed by atoms with van der Waals surface area (Å²) in [4.78, 5) is 7.36. The van der Waals surface area contributed by atoms with E-state index in [2.05, 4.69) is 9.97 Å². The second kappa shape index (κ2) is 7.41. The molecule has 1 heterocycles. The molecule has 0 aliphatic rings. The number of ether oxygens (including phenoxy) is 2. The topological polar surface area (TPSA) is 91.2 Å². The van der Waals surface area contributed by atoms with Crippen LogP contribution < -0.4 is 9.47 Å². The van der Waals surface area contributed by atoms with Crippen LogP contribution >= 0.6 is 0 Å². The van der Waals surface area contributed by atoms with Crippen molar-refractivity contribution in [2.24, 2.45) is 0 Å². The Bertz CT molecular complexity index is 921. The maximum atomic E-state index is 10.3. The van der Waals surface area contributed by atoms with Crippen LogP contribution in [0.25, 0.3) is 16.6 Å². The minimum atomic E-state index is -0.201. The van der Waals surface area contributed by atoms with E-state index in [0.717, 1.165) is 11.0 Å². The lowest BCUT2D eigenvalue weighted by molar-refractivity contribution is 0.253. The highest BCUT2D eigenvalue weighted by molar-refractivity contribution is 5.82. The molecule has 126 valence electrons.